The number of amides is 1. The number of benzene rings is 2. The van der Waals surface area contributed by atoms with Crippen molar-refractivity contribution in [2.45, 2.75) is 19.9 Å². The fraction of sp³-hybridized carbons (Fsp3) is 0.167. The summed E-state index contributed by atoms with van der Waals surface area (Å²) >= 11 is 0. The standard InChI is InChI=1S/C18H17NO/c1-2-8-16-15-11-6-7-12-17(15)19(18(16)20)13-14-9-4-3-5-10-14/h3-12H,2,13H2,1H3/b16-8+. The van der Waals surface area contributed by atoms with Gasteiger partial charge in [0, 0.05) is 11.1 Å². The summed E-state index contributed by atoms with van der Waals surface area (Å²) in [6.45, 7) is 2.68. The van der Waals surface area contributed by atoms with Crippen LogP contribution in [-0.2, 0) is 11.3 Å². The highest BCUT2D eigenvalue weighted by molar-refractivity contribution is 6.32. The molecule has 2 heteroatoms. The van der Waals surface area contributed by atoms with Crippen molar-refractivity contribution >= 4 is 17.2 Å². The van der Waals surface area contributed by atoms with Gasteiger partial charge in [-0.15, -0.1) is 0 Å². The molecular formula is C18H17NO. The summed E-state index contributed by atoms with van der Waals surface area (Å²) in [5.41, 5.74) is 4.05. The minimum absolute atomic E-state index is 0.108. The summed E-state index contributed by atoms with van der Waals surface area (Å²) in [6.07, 6.45) is 2.89. The lowest BCUT2D eigenvalue weighted by molar-refractivity contribution is -0.113. The third kappa shape index (κ3) is 2.14. The van der Waals surface area contributed by atoms with Crippen molar-refractivity contribution in [3.63, 3.8) is 0 Å². The molecule has 0 atom stereocenters. The van der Waals surface area contributed by atoms with E-state index in [1.165, 1.54) is 0 Å². The van der Waals surface area contributed by atoms with Gasteiger partial charge >= 0.3 is 0 Å². The first-order valence-corrected chi connectivity index (χ1v) is 6.96. The summed E-state index contributed by atoms with van der Waals surface area (Å²) < 4.78 is 0. The molecule has 100 valence electrons. The van der Waals surface area contributed by atoms with Crippen LogP contribution in [0.1, 0.15) is 24.5 Å². The van der Waals surface area contributed by atoms with Crippen molar-refractivity contribution < 1.29 is 4.79 Å². The molecule has 1 aliphatic heterocycles. The molecule has 0 N–H and O–H groups in total. The van der Waals surface area contributed by atoms with Crippen LogP contribution < -0.4 is 4.90 Å². The largest absolute Gasteiger partial charge is 0.303 e. The summed E-state index contributed by atoms with van der Waals surface area (Å²) in [7, 11) is 0. The van der Waals surface area contributed by atoms with Crippen molar-refractivity contribution in [1.82, 2.24) is 0 Å². The summed E-state index contributed by atoms with van der Waals surface area (Å²) in [4.78, 5) is 14.5. The lowest BCUT2D eigenvalue weighted by Crippen LogP contribution is -2.25. The van der Waals surface area contributed by atoms with Crippen molar-refractivity contribution in [3.8, 4) is 0 Å². The predicted molar refractivity (Wildman–Crippen MR) is 82.3 cm³/mol. The molecule has 2 nitrogen and oxygen atoms in total. The fourth-order valence-corrected chi connectivity index (χ4v) is 2.63. The number of anilines is 1. The summed E-state index contributed by atoms with van der Waals surface area (Å²) in [5.74, 6) is 0.108. The molecule has 0 unspecified atom stereocenters. The van der Waals surface area contributed by atoms with E-state index in [-0.39, 0.29) is 5.91 Å². The monoisotopic (exact) mass is 263 g/mol. The summed E-state index contributed by atoms with van der Waals surface area (Å²) in [6, 6.07) is 18.1. The zero-order chi connectivity index (χ0) is 13.9. The van der Waals surface area contributed by atoms with Crippen molar-refractivity contribution in [2.75, 3.05) is 4.90 Å². The molecular weight excluding hydrogens is 246 g/mol. The molecule has 3 rings (SSSR count). The molecule has 1 heterocycles. The van der Waals surface area contributed by atoms with Gasteiger partial charge in [-0.2, -0.15) is 0 Å². The normalized spacial score (nSPS) is 15.8. The first kappa shape index (κ1) is 12.7. The SMILES string of the molecule is CC/C=C1/C(=O)N(Cc2ccccc2)c2ccccc21. The van der Waals surface area contributed by atoms with E-state index in [9.17, 15) is 4.79 Å². The Kier molecular flexibility index (Phi) is 3.38. The molecule has 0 saturated heterocycles. The van der Waals surface area contributed by atoms with Gasteiger partial charge in [0.1, 0.15) is 0 Å². The number of carbonyl (C=O) groups is 1. The van der Waals surface area contributed by atoms with E-state index in [0.29, 0.717) is 6.54 Å². The second-order valence-corrected chi connectivity index (χ2v) is 4.92. The Morgan fingerprint density at radius 1 is 1.00 bits per heavy atom. The molecule has 1 aliphatic rings. The van der Waals surface area contributed by atoms with E-state index < -0.39 is 0 Å². The number of fused-ring (bicyclic) bond motifs is 1. The molecule has 2 aromatic rings. The van der Waals surface area contributed by atoms with Gasteiger partial charge < -0.3 is 4.90 Å². The van der Waals surface area contributed by atoms with Gasteiger partial charge in [-0.05, 0) is 18.1 Å². The minimum atomic E-state index is 0.108. The lowest BCUT2D eigenvalue weighted by atomic mass is 10.1. The van der Waals surface area contributed by atoms with Crippen LogP contribution in [-0.4, -0.2) is 5.91 Å². The van der Waals surface area contributed by atoms with Crippen LogP contribution >= 0.6 is 0 Å². The van der Waals surface area contributed by atoms with E-state index >= 15 is 0 Å². The third-order valence-corrected chi connectivity index (χ3v) is 3.55. The van der Waals surface area contributed by atoms with Gasteiger partial charge in [-0.3, -0.25) is 4.79 Å². The maximum atomic E-state index is 12.6. The Morgan fingerprint density at radius 3 is 2.45 bits per heavy atom. The van der Waals surface area contributed by atoms with Crippen LogP contribution in [0.15, 0.2) is 60.7 Å². The van der Waals surface area contributed by atoms with Crippen LogP contribution in [0.2, 0.25) is 0 Å². The molecule has 0 aromatic heterocycles. The van der Waals surface area contributed by atoms with E-state index in [4.69, 9.17) is 0 Å². The van der Waals surface area contributed by atoms with E-state index in [1.54, 1.807) is 0 Å². The number of hydrogen-bond acceptors (Lipinski definition) is 1. The molecule has 1 amide bonds. The van der Waals surface area contributed by atoms with Gasteiger partial charge in [-0.1, -0.05) is 61.5 Å². The molecule has 0 bridgehead atoms. The highest BCUT2D eigenvalue weighted by Gasteiger charge is 2.31. The minimum Gasteiger partial charge on any atom is -0.303 e. The van der Waals surface area contributed by atoms with Crippen LogP contribution in [0, 0.1) is 0 Å². The van der Waals surface area contributed by atoms with Gasteiger partial charge in [-0.25, -0.2) is 0 Å². The van der Waals surface area contributed by atoms with Gasteiger partial charge in [0.05, 0.1) is 12.2 Å². The van der Waals surface area contributed by atoms with Crippen LogP contribution in [0.5, 0.6) is 0 Å². The zero-order valence-electron chi connectivity index (χ0n) is 11.5. The van der Waals surface area contributed by atoms with Crippen LogP contribution in [0.3, 0.4) is 0 Å². The van der Waals surface area contributed by atoms with Crippen molar-refractivity contribution in [3.05, 3.63) is 71.8 Å². The quantitative estimate of drug-likeness (QED) is 0.766. The maximum Gasteiger partial charge on any atom is 0.258 e. The van der Waals surface area contributed by atoms with Gasteiger partial charge in [0.25, 0.3) is 5.91 Å². The van der Waals surface area contributed by atoms with Gasteiger partial charge in [0.15, 0.2) is 0 Å². The predicted octanol–water partition coefficient (Wildman–Crippen LogP) is 4.03. The van der Waals surface area contributed by atoms with E-state index in [0.717, 1.165) is 28.8 Å². The second kappa shape index (κ2) is 5.33. The molecule has 2 aromatic carbocycles. The number of allylic oxidation sites excluding steroid dienone is 1. The number of para-hydroxylation sites is 1. The van der Waals surface area contributed by atoms with Crippen LogP contribution in [0.25, 0.3) is 5.57 Å². The van der Waals surface area contributed by atoms with E-state index in [2.05, 4.69) is 19.1 Å². The highest BCUT2D eigenvalue weighted by atomic mass is 16.2. The molecule has 20 heavy (non-hydrogen) atoms. The smallest absolute Gasteiger partial charge is 0.258 e. The van der Waals surface area contributed by atoms with Gasteiger partial charge in [0.2, 0.25) is 0 Å². The first-order valence-electron chi connectivity index (χ1n) is 6.96. The molecule has 0 aliphatic carbocycles. The van der Waals surface area contributed by atoms with Crippen molar-refractivity contribution in [1.29, 1.82) is 0 Å². The fourth-order valence-electron chi connectivity index (χ4n) is 2.63. The Hall–Kier alpha value is -2.35. The van der Waals surface area contributed by atoms with Crippen LogP contribution in [0.4, 0.5) is 5.69 Å². The Morgan fingerprint density at radius 2 is 1.70 bits per heavy atom. The number of rotatable bonds is 3. The molecule has 0 spiro atoms. The lowest BCUT2D eigenvalue weighted by Gasteiger charge is -2.17. The van der Waals surface area contributed by atoms with E-state index in [1.807, 2.05) is 53.4 Å². The van der Waals surface area contributed by atoms with Crippen molar-refractivity contribution in [2.24, 2.45) is 0 Å². The average Bonchev–Trinajstić information content (AvgIpc) is 2.75. The Bertz CT molecular complexity index is 658. The first-order chi connectivity index (χ1) is 9.81. The molecule has 0 radical (unpaired) electrons. The number of carbonyl (C=O) groups excluding carboxylic acids is 1. The Labute approximate surface area is 119 Å². The second-order valence-electron chi connectivity index (χ2n) is 4.92. The summed E-state index contributed by atoms with van der Waals surface area (Å²) in [5, 5.41) is 0. The average molecular weight is 263 g/mol. The number of nitrogens with zero attached hydrogens (tertiary/aromatic N) is 1. The topological polar surface area (TPSA) is 20.3 Å². The zero-order valence-corrected chi connectivity index (χ0v) is 11.5. The number of hydrogen-bond donors (Lipinski definition) is 0. The Balaban J connectivity index is 2.00. The highest BCUT2D eigenvalue weighted by Crippen LogP contribution is 2.37. The molecule has 0 saturated carbocycles. The molecule has 0 fully saturated rings. The maximum absolute atomic E-state index is 12.6. The third-order valence-electron chi connectivity index (χ3n) is 3.55.